The Balaban J connectivity index is 1.63. The molecule has 2 rings (SSSR count). The van der Waals surface area contributed by atoms with E-state index in [1.54, 1.807) is 7.11 Å². The van der Waals surface area contributed by atoms with Gasteiger partial charge in [-0.05, 0) is 50.6 Å². The molecule has 2 N–H and O–H groups in total. The van der Waals surface area contributed by atoms with Crippen molar-refractivity contribution < 1.29 is 9.53 Å². The van der Waals surface area contributed by atoms with Gasteiger partial charge in [0.15, 0.2) is 0 Å². The Morgan fingerprint density at radius 3 is 2.77 bits per heavy atom. The van der Waals surface area contributed by atoms with E-state index >= 15 is 0 Å². The first-order valence-corrected chi connectivity index (χ1v) is 8.90. The summed E-state index contributed by atoms with van der Waals surface area (Å²) in [6.45, 7) is 8.37. The van der Waals surface area contributed by atoms with Crippen molar-refractivity contribution in [1.82, 2.24) is 15.5 Å². The van der Waals surface area contributed by atoms with Crippen LogP contribution in [0.3, 0.4) is 0 Å². The van der Waals surface area contributed by atoms with Crippen LogP contribution in [0.2, 0.25) is 0 Å². The minimum Gasteiger partial charge on any atom is -0.383 e. The van der Waals surface area contributed by atoms with Gasteiger partial charge in [-0.1, -0.05) is 6.92 Å². The molecule has 5 nitrogen and oxygen atoms in total. The van der Waals surface area contributed by atoms with Gasteiger partial charge in [-0.2, -0.15) is 0 Å². The molecule has 2 unspecified atom stereocenters. The maximum atomic E-state index is 12.3. The fourth-order valence-electron chi connectivity index (χ4n) is 3.63. The summed E-state index contributed by atoms with van der Waals surface area (Å²) in [5, 5.41) is 6.69. The molecule has 2 aliphatic rings. The summed E-state index contributed by atoms with van der Waals surface area (Å²) in [5.74, 6) is 1.39. The first kappa shape index (κ1) is 17.7. The first-order chi connectivity index (χ1) is 10.7. The number of methoxy groups -OCH3 is 1. The third kappa shape index (κ3) is 5.86. The number of carbonyl (C=O) groups is 1. The van der Waals surface area contributed by atoms with Crippen LogP contribution in [0.5, 0.6) is 0 Å². The molecule has 128 valence electrons. The second-order valence-corrected chi connectivity index (χ2v) is 6.96. The zero-order valence-electron chi connectivity index (χ0n) is 14.3. The highest BCUT2D eigenvalue weighted by Gasteiger charge is 2.24. The minimum absolute atomic E-state index is 0.244. The maximum absolute atomic E-state index is 12.3. The molecule has 0 saturated carbocycles. The standard InChI is InChI=1S/C17H33N3O2/c1-14(15-4-3-7-18-13-15)12-17(21)19-16-5-8-20(9-6-16)10-11-22-2/h14-16,18H,3-13H2,1-2H3,(H,19,21). The van der Waals surface area contributed by atoms with E-state index in [-0.39, 0.29) is 5.91 Å². The van der Waals surface area contributed by atoms with Crippen LogP contribution in [0.1, 0.15) is 39.0 Å². The number of rotatable bonds is 7. The van der Waals surface area contributed by atoms with E-state index in [0.29, 0.717) is 24.3 Å². The van der Waals surface area contributed by atoms with Crippen LogP contribution in [-0.4, -0.2) is 63.3 Å². The van der Waals surface area contributed by atoms with Crippen molar-refractivity contribution in [1.29, 1.82) is 0 Å². The summed E-state index contributed by atoms with van der Waals surface area (Å²) in [6.07, 6.45) is 5.32. The molecule has 5 heteroatoms. The molecule has 0 spiro atoms. The molecule has 0 bridgehead atoms. The highest BCUT2D eigenvalue weighted by Crippen LogP contribution is 2.22. The summed E-state index contributed by atoms with van der Waals surface area (Å²) in [5.41, 5.74) is 0. The number of nitrogens with one attached hydrogen (secondary N) is 2. The van der Waals surface area contributed by atoms with Gasteiger partial charge >= 0.3 is 0 Å². The lowest BCUT2D eigenvalue weighted by atomic mass is 9.85. The Bertz CT molecular complexity index is 324. The predicted molar refractivity (Wildman–Crippen MR) is 88.9 cm³/mol. The average Bonchev–Trinajstić information content (AvgIpc) is 2.55. The van der Waals surface area contributed by atoms with Crippen molar-refractivity contribution in [2.24, 2.45) is 11.8 Å². The number of hydrogen-bond donors (Lipinski definition) is 2. The Labute approximate surface area is 135 Å². The SMILES string of the molecule is COCCN1CCC(NC(=O)CC(C)C2CCCNC2)CC1. The van der Waals surface area contributed by atoms with Crippen LogP contribution >= 0.6 is 0 Å². The Morgan fingerprint density at radius 1 is 1.36 bits per heavy atom. The van der Waals surface area contributed by atoms with Crippen molar-refractivity contribution in [3.63, 3.8) is 0 Å². The molecule has 2 heterocycles. The second-order valence-electron chi connectivity index (χ2n) is 6.96. The summed E-state index contributed by atoms with van der Waals surface area (Å²) < 4.78 is 5.12. The van der Waals surface area contributed by atoms with Gasteiger partial charge in [-0.15, -0.1) is 0 Å². The van der Waals surface area contributed by atoms with E-state index in [9.17, 15) is 4.79 Å². The molecular weight excluding hydrogens is 278 g/mol. The average molecular weight is 311 g/mol. The summed E-state index contributed by atoms with van der Waals surface area (Å²) >= 11 is 0. The normalized spacial score (nSPS) is 25.8. The highest BCUT2D eigenvalue weighted by molar-refractivity contribution is 5.76. The van der Waals surface area contributed by atoms with Gasteiger partial charge in [0.1, 0.15) is 0 Å². The quantitative estimate of drug-likeness (QED) is 0.743. The number of piperidine rings is 2. The molecule has 0 radical (unpaired) electrons. The lowest BCUT2D eigenvalue weighted by molar-refractivity contribution is -0.123. The largest absolute Gasteiger partial charge is 0.383 e. The van der Waals surface area contributed by atoms with Gasteiger partial charge in [0.05, 0.1) is 6.61 Å². The third-order valence-corrected chi connectivity index (χ3v) is 5.21. The van der Waals surface area contributed by atoms with E-state index in [4.69, 9.17) is 4.74 Å². The zero-order valence-corrected chi connectivity index (χ0v) is 14.3. The number of ether oxygens (including phenoxy) is 1. The monoisotopic (exact) mass is 311 g/mol. The van der Waals surface area contributed by atoms with E-state index in [1.807, 2.05) is 0 Å². The van der Waals surface area contributed by atoms with E-state index in [2.05, 4.69) is 22.5 Å². The number of carbonyl (C=O) groups excluding carboxylic acids is 1. The van der Waals surface area contributed by atoms with Gasteiger partial charge < -0.3 is 20.3 Å². The molecule has 0 aromatic heterocycles. The second kappa shape index (κ2) is 9.48. The van der Waals surface area contributed by atoms with Crippen LogP contribution in [-0.2, 0) is 9.53 Å². The van der Waals surface area contributed by atoms with Crippen molar-refractivity contribution in [2.45, 2.75) is 45.1 Å². The van der Waals surface area contributed by atoms with Crippen molar-refractivity contribution in [3.05, 3.63) is 0 Å². The molecule has 2 fully saturated rings. The molecule has 22 heavy (non-hydrogen) atoms. The zero-order chi connectivity index (χ0) is 15.8. The molecular formula is C17H33N3O2. The van der Waals surface area contributed by atoms with Crippen LogP contribution in [0.25, 0.3) is 0 Å². The van der Waals surface area contributed by atoms with Crippen LogP contribution in [0, 0.1) is 11.8 Å². The number of likely N-dealkylation sites (tertiary alicyclic amines) is 1. The molecule has 0 aliphatic carbocycles. The van der Waals surface area contributed by atoms with Crippen molar-refractivity contribution in [2.75, 3.05) is 46.4 Å². The van der Waals surface area contributed by atoms with Gasteiger partial charge in [0.25, 0.3) is 0 Å². The summed E-state index contributed by atoms with van der Waals surface area (Å²) in [6, 6.07) is 0.364. The molecule has 2 atom stereocenters. The van der Waals surface area contributed by atoms with Crippen LogP contribution in [0.15, 0.2) is 0 Å². The molecule has 1 amide bonds. The van der Waals surface area contributed by atoms with Crippen LogP contribution < -0.4 is 10.6 Å². The molecule has 0 aromatic rings. The molecule has 2 saturated heterocycles. The first-order valence-electron chi connectivity index (χ1n) is 8.90. The maximum Gasteiger partial charge on any atom is 0.220 e. The topological polar surface area (TPSA) is 53.6 Å². The summed E-state index contributed by atoms with van der Waals surface area (Å²) in [4.78, 5) is 14.7. The van der Waals surface area contributed by atoms with Gasteiger partial charge in [-0.25, -0.2) is 0 Å². The van der Waals surface area contributed by atoms with E-state index in [1.165, 1.54) is 12.8 Å². The molecule has 0 aromatic carbocycles. The Morgan fingerprint density at radius 2 is 2.14 bits per heavy atom. The van der Waals surface area contributed by atoms with Crippen molar-refractivity contribution >= 4 is 5.91 Å². The molecule has 2 aliphatic heterocycles. The van der Waals surface area contributed by atoms with E-state index in [0.717, 1.165) is 52.2 Å². The van der Waals surface area contributed by atoms with Gasteiger partial charge in [0, 0.05) is 39.2 Å². The number of amides is 1. The third-order valence-electron chi connectivity index (χ3n) is 5.21. The number of hydrogen-bond acceptors (Lipinski definition) is 4. The Kier molecular flexibility index (Phi) is 7.63. The summed E-state index contributed by atoms with van der Waals surface area (Å²) in [7, 11) is 1.75. The predicted octanol–water partition coefficient (Wildman–Crippen LogP) is 1.24. The van der Waals surface area contributed by atoms with Gasteiger partial charge in [0.2, 0.25) is 5.91 Å². The fraction of sp³-hybridized carbons (Fsp3) is 0.941. The van der Waals surface area contributed by atoms with Crippen LogP contribution in [0.4, 0.5) is 0 Å². The minimum atomic E-state index is 0.244. The van der Waals surface area contributed by atoms with Gasteiger partial charge in [-0.3, -0.25) is 4.79 Å². The highest BCUT2D eigenvalue weighted by atomic mass is 16.5. The lowest BCUT2D eigenvalue weighted by Crippen LogP contribution is -2.46. The Hall–Kier alpha value is -0.650. The number of nitrogens with zero attached hydrogens (tertiary/aromatic N) is 1. The fourth-order valence-corrected chi connectivity index (χ4v) is 3.63. The van der Waals surface area contributed by atoms with Crippen molar-refractivity contribution in [3.8, 4) is 0 Å². The van der Waals surface area contributed by atoms with E-state index < -0.39 is 0 Å². The lowest BCUT2D eigenvalue weighted by Gasteiger charge is -2.33. The smallest absolute Gasteiger partial charge is 0.220 e.